The van der Waals surface area contributed by atoms with Gasteiger partial charge in [0.1, 0.15) is 17.5 Å². The molecule has 0 saturated carbocycles. The van der Waals surface area contributed by atoms with Crippen LogP contribution in [-0.4, -0.2) is 0 Å². The van der Waals surface area contributed by atoms with Crippen LogP contribution in [0.1, 0.15) is 34.2 Å². The zero-order valence-electron chi connectivity index (χ0n) is 18.9. The van der Waals surface area contributed by atoms with Crippen molar-refractivity contribution in [2.24, 2.45) is 0 Å². The molecule has 0 heterocycles. The molecule has 0 nitrogen and oxygen atoms in total. The average Bonchev–Trinajstić information content (AvgIpc) is 2.83. The van der Waals surface area contributed by atoms with E-state index in [9.17, 15) is 8.78 Å². The summed E-state index contributed by atoms with van der Waals surface area (Å²) in [6.07, 6.45) is 5.00. The number of fused-ring (bicyclic) bond motifs is 1. The van der Waals surface area contributed by atoms with Crippen LogP contribution in [0.5, 0.6) is 0 Å². The number of allylic oxidation sites excluding steroid dienone is 1. The summed E-state index contributed by atoms with van der Waals surface area (Å²) < 4.78 is 44.1. The SMILES string of the molecule is C=CCCc1cc(F)c(CCc2ccc3c(F)c(CCc4ccc(Cl)cc4)ccc3c2)c(F)c1. The monoisotopic (exact) mass is 478 g/mol. The van der Waals surface area contributed by atoms with Crippen molar-refractivity contribution >= 4 is 22.4 Å². The van der Waals surface area contributed by atoms with Crippen LogP contribution >= 0.6 is 11.6 Å². The Morgan fingerprint density at radius 3 is 2.06 bits per heavy atom. The van der Waals surface area contributed by atoms with E-state index in [1.165, 1.54) is 12.1 Å². The van der Waals surface area contributed by atoms with Crippen LogP contribution in [0.25, 0.3) is 10.8 Å². The predicted molar refractivity (Wildman–Crippen MR) is 135 cm³/mol. The molecule has 0 radical (unpaired) electrons. The van der Waals surface area contributed by atoms with Gasteiger partial charge in [-0.1, -0.05) is 60.1 Å². The van der Waals surface area contributed by atoms with Gasteiger partial charge in [-0.3, -0.25) is 0 Å². The molecule has 4 heteroatoms. The van der Waals surface area contributed by atoms with Crippen molar-refractivity contribution in [3.8, 4) is 0 Å². The lowest BCUT2D eigenvalue weighted by Crippen LogP contribution is -2.01. The highest BCUT2D eigenvalue weighted by molar-refractivity contribution is 6.30. The fraction of sp³-hybridized carbons (Fsp3) is 0.200. The quantitative estimate of drug-likeness (QED) is 0.211. The molecule has 0 spiro atoms. The lowest BCUT2D eigenvalue weighted by Gasteiger charge is -2.10. The fourth-order valence-electron chi connectivity index (χ4n) is 4.24. The van der Waals surface area contributed by atoms with Gasteiger partial charge in [-0.05, 0) is 90.4 Å². The van der Waals surface area contributed by atoms with Crippen LogP contribution in [0, 0.1) is 17.5 Å². The Morgan fingerprint density at radius 1 is 0.676 bits per heavy atom. The molecule has 174 valence electrons. The molecule has 4 aromatic carbocycles. The first kappa shape index (κ1) is 24.1. The number of rotatable bonds is 9. The van der Waals surface area contributed by atoms with Crippen LogP contribution in [0.4, 0.5) is 13.2 Å². The Hall–Kier alpha value is -3.04. The highest BCUT2D eigenvalue weighted by atomic mass is 35.5. The summed E-state index contributed by atoms with van der Waals surface area (Å²) in [5.41, 5.74) is 3.40. The Labute approximate surface area is 203 Å². The predicted octanol–water partition coefficient (Wildman–Crippen LogP) is 8.60. The smallest absolute Gasteiger partial charge is 0.134 e. The number of benzene rings is 4. The van der Waals surface area contributed by atoms with Crippen molar-refractivity contribution in [3.63, 3.8) is 0 Å². The van der Waals surface area contributed by atoms with Gasteiger partial charge in [0.25, 0.3) is 0 Å². The van der Waals surface area contributed by atoms with E-state index < -0.39 is 11.6 Å². The Kier molecular flexibility index (Phi) is 7.74. The van der Waals surface area contributed by atoms with Crippen LogP contribution in [-0.2, 0) is 32.1 Å². The second-order valence-corrected chi connectivity index (χ2v) is 9.02. The maximum absolute atomic E-state index is 15.1. The maximum atomic E-state index is 15.1. The molecule has 0 saturated heterocycles. The average molecular weight is 479 g/mol. The molecule has 4 rings (SSSR count). The van der Waals surface area contributed by atoms with Gasteiger partial charge in [0.15, 0.2) is 0 Å². The third-order valence-electron chi connectivity index (χ3n) is 6.20. The summed E-state index contributed by atoms with van der Waals surface area (Å²) in [5.74, 6) is -1.25. The summed E-state index contributed by atoms with van der Waals surface area (Å²) >= 11 is 5.93. The molecule has 0 N–H and O–H groups in total. The van der Waals surface area contributed by atoms with E-state index in [1.54, 1.807) is 12.1 Å². The molecular formula is C30H26ClF3. The molecule has 0 bridgehead atoms. The number of aryl methyl sites for hydroxylation is 4. The van der Waals surface area contributed by atoms with Crippen molar-refractivity contribution in [2.45, 2.75) is 38.5 Å². The molecule has 0 aromatic heterocycles. The second-order valence-electron chi connectivity index (χ2n) is 8.59. The molecule has 0 unspecified atom stereocenters. The molecule has 0 atom stereocenters. The van der Waals surface area contributed by atoms with E-state index in [2.05, 4.69) is 6.58 Å². The summed E-state index contributed by atoms with van der Waals surface area (Å²) in [6, 6.07) is 19.6. The van der Waals surface area contributed by atoms with Crippen molar-refractivity contribution in [1.82, 2.24) is 0 Å². The Bertz CT molecular complexity index is 1290. The normalized spacial score (nSPS) is 11.2. The van der Waals surface area contributed by atoms with Crippen LogP contribution in [0.15, 0.2) is 79.4 Å². The van der Waals surface area contributed by atoms with Gasteiger partial charge in [0.2, 0.25) is 0 Å². The first-order valence-corrected chi connectivity index (χ1v) is 11.8. The third kappa shape index (κ3) is 5.71. The minimum absolute atomic E-state index is 0.0891. The van der Waals surface area contributed by atoms with Gasteiger partial charge < -0.3 is 0 Å². The standard InChI is InChI=1S/C30H26ClF3/c1-2-3-4-22-18-28(32)27(29(33)19-22)16-9-21-8-15-26-24(17-21)12-11-23(30(26)34)10-5-20-6-13-25(31)14-7-20/h2,6-8,11-15,17-19H,1,3-5,9-10,16H2. The first-order valence-electron chi connectivity index (χ1n) is 11.5. The van der Waals surface area contributed by atoms with Gasteiger partial charge in [-0.2, -0.15) is 0 Å². The Morgan fingerprint density at radius 2 is 1.35 bits per heavy atom. The molecule has 34 heavy (non-hydrogen) atoms. The molecule has 0 fully saturated rings. The van der Waals surface area contributed by atoms with E-state index in [4.69, 9.17) is 11.6 Å². The second kappa shape index (κ2) is 10.9. The van der Waals surface area contributed by atoms with Gasteiger partial charge in [-0.25, -0.2) is 13.2 Å². The summed E-state index contributed by atoms with van der Waals surface area (Å²) in [5, 5.41) is 2.02. The van der Waals surface area contributed by atoms with E-state index in [1.807, 2.05) is 48.5 Å². The molecule has 0 aliphatic carbocycles. The highest BCUT2D eigenvalue weighted by Crippen LogP contribution is 2.25. The topological polar surface area (TPSA) is 0 Å². The number of hydrogen-bond donors (Lipinski definition) is 0. The van der Waals surface area contributed by atoms with Crippen molar-refractivity contribution in [1.29, 1.82) is 0 Å². The minimum atomic E-state index is -0.517. The van der Waals surface area contributed by atoms with E-state index in [0.717, 1.165) is 22.9 Å². The molecule has 4 aromatic rings. The maximum Gasteiger partial charge on any atom is 0.134 e. The van der Waals surface area contributed by atoms with E-state index >= 15 is 4.39 Å². The van der Waals surface area contributed by atoms with E-state index in [-0.39, 0.29) is 17.8 Å². The van der Waals surface area contributed by atoms with Crippen molar-refractivity contribution in [2.75, 3.05) is 0 Å². The largest absolute Gasteiger partial charge is 0.207 e. The van der Waals surface area contributed by atoms with Gasteiger partial charge in [0, 0.05) is 16.0 Å². The van der Waals surface area contributed by atoms with Gasteiger partial charge in [-0.15, -0.1) is 6.58 Å². The molecule has 0 aliphatic heterocycles. The lowest BCUT2D eigenvalue weighted by atomic mass is 9.96. The first-order chi connectivity index (χ1) is 16.4. The van der Waals surface area contributed by atoms with Crippen LogP contribution in [0.2, 0.25) is 5.02 Å². The highest BCUT2D eigenvalue weighted by Gasteiger charge is 2.13. The van der Waals surface area contributed by atoms with Gasteiger partial charge >= 0.3 is 0 Å². The summed E-state index contributed by atoms with van der Waals surface area (Å²) in [7, 11) is 0. The molecule has 0 aliphatic rings. The van der Waals surface area contributed by atoms with Crippen molar-refractivity contribution in [3.05, 3.63) is 130 Å². The molecule has 0 amide bonds. The molecular weight excluding hydrogens is 453 g/mol. The third-order valence-corrected chi connectivity index (χ3v) is 6.45. The summed E-state index contributed by atoms with van der Waals surface area (Å²) in [6.45, 7) is 3.64. The summed E-state index contributed by atoms with van der Waals surface area (Å²) in [4.78, 5) is 0. The van der Waals surface area contributed by atoms with Crippen LogP contribution in [0.3, 0.4) is 0 Å². The van der Waals surface area contributed by atoms with E-state index in [0.29, 0.717) is 47.2 Å². The minimum Gasteiger partial charge on any atom is -0.207 e. The number of halogens is 4. The number of hydrogen-bond acceptors (Lipinski definition) is 0. The Balaban J connectivity index is 1.46. The zero-order chi connectivity index (χ0) is 24.1. The lowest BCUT2D eigenvalue weighted by molar-refractivity contribution is 0.551. The fourth-order valence-corrected chi connectivity index (χ4v) is 4.37. The van der Waals surface area contributed by atoms with Crippen LogP contribution < -0.4 is 0 Å². The van der Waals surface area contributed by atoms with Crippen molar-refractivity contribution < 1.29 is 13.2 Å². The zero-order valence-corrected chi connectivity index (χ0v) is 19.6. The van der Waals surface area contributed by atoms with Gasteiger partial charge in [0.05, 0.1) is 0 Å².